The number of carbonyl (C=O) groups excluding carboxylic acids is 3. The third kappa shape index (κ3) is 5.11. The van der Waals surface area contributed by atoms with Crippen LogP contribution in [0.3, 0.4) is 0 Å². The zero-order valence-electron chi connectivity index (χ0n) is 28.3. The number of piperazine rings is 1. The third-order valence-corrected chi connectivity index (χ3v) is 11.7. The van der Waals surface area contributed by atoms with Crippen molar-refractivity contribution in [2.75, 3.05) is 39.9 Å². The summed E-state index contributed by atoms with van der Waals surface area (Å²) in [6, 6.07) is 0.661. The summed E-state index contributed by atoms with van der Waals surface area (Å²) in [6.45, 7) is 8.19. The van der Waals surface area contributed by atoms with Gasteiger partial charge in [-0.05, 0) is 38.4 Å². The lowest BCUT2D eigenvalue weighted by molar-refractivity contribution is -0.151. The monoisotopic (exact) mass is 706 g/mol. The van der Waals surface area contributed by atoms with Crippen LogP contribution in [0.25, 0.3) is 0 Å². The number of alkyl carbamates (subject to hydrolysis) is 1. The van der Waals surface area contributed by atoms with Gasteiger partial charge < -0.3 is 38.8 Å². The van der Waals surface area contributed by atoms with Crippen LogP contribution in [0.1, 0.15) is 57.6 Å². The van der Waals surface area contributed by atoms with Gasteiger partial charge in [0, 0.05) is 47.0 Å². The predicted octanol–water partition coefficient (Wildman–Crippen LogP) is 3.51. The highest BCUT2D eigenvalue weighted by Crippen LogP contribution is 2.64. The Kier molecular flexibility index (Phi) is 8.73. The number of nitrogens with zero attached hydrogens (tertiary/aromatic N) is 3. The number of esters is 2. The van der Waals surface area contributed by atoms with Crippen LogP contribution in [0.15, 0.2) is 18.7 Å². The van der Waals surface area contributed by atoms with Gasteiger partial charge in [-0.3, -0.25) is 14.6 Å². The summed E-state index contributed by atoms with van der Waals surface area (Å²) in [7, 11) is 3.46. The fourth-order valence-corrected chi connectivity index (χ4v) is 9.89. The van der Waals surface area contributed by atoms with Gasteiger partial charge in [0.2, 0.25) is 6.79 Å². The minimum atomic E-state index is -1.10. The number of aromatic hydroxyl groups is 1. The molecule has 2 saturated heterocycles. The Morgan fingerprint density at radius 2 is 1.96 bits per heavy atom. The van der Waals surface area contributed by atoms with Gasteiger partial charge in [0.15, 0.2) is 23.0 Å². The van der Waals surface area contributed by atoms with Crippen LogP contribution in [0, 0.1) is 25.2 Å². The van der Waals surface area contributed by atoms with Crippen molar-refractivity contribution in [2.45, 2.75) is 68.7 Å². The molecule has 8 rings (SSSR count). The van der Waals surface area contributed by atoms with Gasteiger partial charge in [0.1, 0.15) is 31.0 Å². The summed E-state index contributed by atoms with van der Waals surface area (Å²) in [5, 5.41) is 24.8. The number of hydrogen-bond donors (Lipinski definition) is 2. The molecular weight excluding hydrogens is 668 g/mol. The molecule has 0 aliphatic carbocycles. The topological polar surface area (TPSA) is 169 Å². The van der Waals surface area contributed by atoms with E-state index in [1.165, 1.54) is 31.9 Å². The minimum absolute atomic E-state index is 0.0179. The number of ether oxygens (including phenoxy) is 6. The zero-order valence-corrected chi connectivity index (χ0v) is 29.1. The number of hydrogen-bond acceptors (Lipinski definition) is 14. The van der Waals surface area contributed by atoms with Crippen LogP contribution in [-0.4, -0.2) is 97.0 Å². The Labute approximate surface area is 293 Å². The first-order valence-corrected chi connectivity index (χ1v) is 17.3. The molecule has 0 radical (unpaired) electrons. The number of aryl methyl sites for hydroxylation is 1. The van der Waals surface area contributed by atoms with Gasteiger partial charge in [-0.1, -0.05) is 18.7 Å². The lowest BCUT2D eigenvalue weighted by atomic mass is 9.71. The third-order valence-electron chi connectivity index (χ3n) is 10.3. The Morgan fingerprint density at radius 1 is 1.20 bits per heavy atom. The maximum absolute atomic E-state index is 13.6. The van der Waals surface area contributed by atoms with E-state index in [1.807, 2.05) is 20.0 Å². The fourth-order valence-electron chi connectivity index (χ4n) is 8.39. The number of phenols is 1. The lowest BCUT2D eigenvalue weighted by Gasteiger charge is -2.61. The molecule has 6 heterocycles. The summed E-state index contributed by atoms with van der Waals surface area (Å²) >= 11 is 1.34. The summed E-state index contributed by atoms with van der Waals surface area (Å²) in [5.41, 5.74) is 4.15. The van der Waals surface area contributed by atoms with E-state index in [4.69, 9.17) is 28.4 Å². The molecule has 2 fully saturated rings. The summed E-state index contributed by atoms with van der Waals surface area (Å²) in [4.78, 5) is 43.2. The molecule has 6 aliphatic rings. The second-order valence-electron chi connectivity index (χ2n) is 13.0. The highest BCUT2D eigenvalue weighted by molar-refractivity contribution is 7.99. The second kappa shape index (κ2) is 12.9. The van der Waals surface area contributed by atoms with Crippen LogP contribution in [0.2, 0.25) is 0 Å². The van der Waals surface area contributed by atoms with Crippen LogP contribution in [0.4, 0.5) is 4.79 Å². The van der Waals surface area contributed by atoms with E-state index < -0.39 is 53.5 Å². The number of carbonyl (C=O) groups is 3. The van der Waals surface area contributed by atoms with Crippen molar-refractivity contribution in [3.8, 4) is 34.8 Å². The molecule has 0 aromatic heterocycles. The molecule has 6 aliphatic heterocycles. The fraction of sp³-hybridized carbons (Fsp3) is 0.486. The van der Waals surface area contributed by atoms with Crippen LogP contribution in [0.5, 0.6) is 28.7 Å². The largest absolute Gasteiger partial charge is 0.504 e. The molecule has 14 nitrogen and oxygen atoms in total. The van der Waals surface area contributed by atoms with E-state index in [9.17, 15) is 24.8 Å². The van der Waals surface area contributed by atoms with Crippen molar-refractivity contribution in [3.05, 3.63) is 52.1 Å². The number of phenolic OH excluding ortho intramolecular Hbond substituents is 1. The van der Waals surface area contributed by atoms with Crippen molar-refractivity contribution in [1.29, 1.82) is 5.26 Å². The van der Waals surface area contributed by atoms with Crippen molar-refractivity contribution in [2.24, 2.45) is 0 Å². The molecule has 0 saturated carbocycles. The van der Waals surface area contributed by atoms with Crippen LogP contribution < -0.4 is 24.3 Å². The number of rotatable bonds is 5. The number of nitrogens with one attached hydrogen (secondary N) is 1. The van der Waals surface area contributed by atoms with Crippen LogP contribution in [-0.2, 0) is 25.5 Å². The average molecular weight is 707 g/mol. The van der Waals surface area contributed by atoms with Gasteiger partial charge in [0.05, 0.1) is 30.5 Å². The number of likely N-dealkylation sites (N-methyl/N-ethyl adjacent to an activating group) is 1. The first-order chi connectivity index (χ1) is 24.0. The van der Waals surface area contributed by atoms with Crippen molar-refractivity contribution < 1.29 is 47.9 Å². The number of benzene rings is 2. The molecule has 7 atom stereocenters. The van der Waals surface area contributed by atoms with Gasteiger partial charge in [-0.15, -0.1) is 11.8 Å². The number of thioether (sulfide) groups is 1. The standard InChI is InChI=1S/C35H38N4O10S/c1-7-8-45-35(43)37-19-13-50-33-25-24(32-31(47-14-48-32)16(3)30(25)49-17(4)40)22(12-46-34(19)42)39-21(11-36)20-10-18-9-15(2)29(44-6)28(41)23(18)26(27(33)39)38(20)5/h7,9,19-22,26-27,33,41H,1,8,10,12-14H2,2-6H3,(H,37,43)/t19?,20-,21-,22+,26-,27?,33+/m0/s1. The smallest absolute Gasteiger partial charge is 0.408 e. The Balaban J connectivity index is 1.49. The van der Waals surface area contributed by atoms with E-state index in [0.717, 1.165) is 11.1 Å². The molecule has 50 heavy (non-hydrogen) atoms. The SMILES string of the molecule is C=CCOC(=O)NC1CS[C@@H]2c3c(OC(C)=O)c(C)c4c(c3[C@@H](COC1=O)N1C2[C@@H]2c3c(cc(C)c(OC)c3O)C[C@@H]([C@@H]1C#N)N2C)OCO4. The summed E-state index contributed by atoms with van der Waals surface area (Å²) in [5.74, 6) is 0.321. The lowest BCUT2D eigenvalue weighted by Crippen LogP contribution is -2.69. The molecule has 2 aromatic carbocycles. The number of fused-ring (bicyclic) bond motifs is 10. The number of nitriles is 1. The molecule has 4 bridgehead atoms. The molecule has 15 heteroatoms. The van der Waals surface area contributed by atoms with E-state index in [1.54, 1.807) is 6.92 Å². The van der Waals surface area contributed by atoms with Crippen molar-refractivity contribution >= 4 is 29.8 Å². The molecule has 264 valence electrons. The highest BCUT2D eigenvalue weighted by Gasteiger charge is 2.60. The van der Waals surface area contributed by atoms with E-state index in [2.05, 4.69) is 27.8 Å². The van der Waals surface area contributed by atoms with E-state index >= 15 is 0 Å². The first-order valence-electron chi connectivity index (χ1n) is 16.3. The molecular formula is C35H38N4O10S. The molecule has 1 amide bonds. The Morgan fingerprint density at radius 3 is 2.66 bits per heavy atom. The predicted molar refractivity (Wildman–Crippen MR) is 178 cm³/mol. The zero-order chi connectivity index (χ0) is 35.6. The Hall–Kier alpha value is -4.65. The van der Waals surface area contributed by atoms with E-state index in [0.29, 0.717) is 51.7 Å². The van der Waals surface area contributed by atoms with E-state index in [-0.39, 0.29) is 37.6 Å². The molecule has 2 unspecified atom stereocenters. The maximum Gasteiger partial charge on any atom is 0.408 e. The number of amides is 1. The quantitative estimate of drug-likeness (QED) is 0.263. The Bertz CT molecular complexity index is 1840. The number of methoxy groups -OCH3 is 1. The molecule has 0 spiro atoms. The molecule has 2 N–H and O–H groups in total. The van der Waals surface area contributed by atoms with Gasteiger partial charge in [-0.25, -0.2) is 9.59 Å². The van der Waals surface area contributed by atoms with Gasteiger partial charge >= 0.3 is 18.0 Å². The summed E-state index contributed by atoms with van der Waals surface area (Å²) < 4.78 is 34.8. The second-order valence-corrected chi connectivity index (χ2v) is 14.1. The minimum Gasteiger partial charge on any atom is -0.504 e. The van der Waals surface area contributed by atoms with Crippen molar-refractivity contribution in [1.82, 2.24) is 15.1 Å². The highest BCUT2D eigenvalue weighted by atomic mass is 32.2. The van der Waals surface area contributed by atoms with Gasteiger partial charge in [0.25, 0.3) is 0 Å². The van der Waals surface area contributed by atoms with Gasteiger partial charge in [-0.2, -0.15) is 5.26 Å². The average Bonchev–Trinajstić information content (AvgIpc) is 3.57. The maximum atomic E-state index is 13.6. The van der Waals surface area contributed by atoms with Crippen LogP contribution >= 0.6 is 11.8 Å². The summed E-state index contributed by atoms with van der Waals surface area (Å²) in [6.07, 6.45) is 1.08. The first kappa shape index (κ1) is 33.8. The molecule has 2 aromatic rings. The normalized spacial score (nSPS) is 27.8. The van der Waals surface area contributed by atoms with Crippen molar-refractivity contribution in [3.63, 3.8) is 0 Å².